The first kappa shape index (κ1) is 13.5. The number of pyridine rings is 1. The minimum absolute atomic E-state index is 0.393. The molecule has 0 aliphatic carbocycles. The smallest absolute Gasteiger partial charge is 0.133 e. The molecule has 0 atom stereocenters. The normalized spacial score (nSPS) is 14.3. The lowest BCUT2D eigenvalue weighted by Crippen LogP contribution is -2.36. The van der Waals surface area contributed by atoms with Gasteiger partial charge in [0.25, 0.3) is 0 Å². The van der Waals surface area contributed by atoms with Crippen LogP contribution in [0.1, 0.15) is 5.56 Å². The first-order valence-electron chi connectivity index (χ1n) is 6.49. The fourth-order valence-corrected chi connectivity index (χ4v) is 2.92. The Morgan fingerprint density at radius 1 is 1.20 bits per heavy atom. The summed E-state index contributed by atoms with van der Waals surface area (Å²) in [5.74, 6) is 1.29. The van der Waals surface area contributed by atoms with E-state index in [0.29, 0.717) is 10.9 Å². The zero-order valence-electron chi connectivity index (χ0n) is 11.2. The Balaban J connectivity index is 2.05. The Bertz CT molecular complexity index is 630. The molecular formula is C15H15Cl2N3. The molecule has 0 radical (unpaired) electrons. The second-order valence-corrected chi connectivity index (χ2v) is 5.50. The van der Waals surface area contributed by atoms with Crippen molar-refractivity contribution in [1.82, 2.24) is 4.98 Å². The number of para-hydroxylation sites is 2. The van der Waals surface area contributed by atoms with Crippen molar-refractivity contribution in [2.75, 3.05) is 29.9 Å². The summed E-state index contributed by atoms with van der Waals surface area (Å²) in [5, 5.41) is 0.617. The second-order valence-electron chi connectivity index (χ2n) is 4.83. The van der Waals surface area contributed by atoms with Crippen LogP contribution < -0.4 is 9.80 Å². The fourth-order valence-electron chi connectivity index (χ4n) is 2.46. The number of nitrogens with zero attached hydrogens (tertiary/aromatic N) is 3. The zero-order valence-corrected chi connectivity index (χ0v) is 12.7. The topological polar surface area (TPSA) is 19.4 Å². The van der Waals surface area contributed by atoms with Gasteiger partial charge in [0.05, 0.1) is 16.4 Å². The molecule has 0 bridgehead atoms. The number of benzene rings is 1. The zero-order chi connectivity index (χ0) is 14.1. The molecular weight excluding hydrogens is 293 g/mol. The molecule has 0 N–H and O–H groups in total. The predicted molar refractivity (Wildman–Crippen MR) is 85.5 cm³/mol. The average molecular weight is 308 g/mol. The molecule has 1 aliphatic heterocycles. The molecule has 0 saturated carbocycles. The number of rotatable bonds is 2. The van der Waals surface area contributed by atoms with Crippen molar-refractivity contribution >= 4 is 40.4 Å². The fraction of sp³-hybridized carbons (Fsp3) is 0.267. The quantitative estimate of drug-likeness (QED) is 0.780. The molecule has 2 aromatic rings. The van der Waals surface area contributed by atoms with Gasteiger partial charge >= 0.3 is 0 Å². The third kappa shape index (κ3) is 2.32. The molecule has 1 aromatic heterocycles. The summed E-state index contributed by atoms with van der Waals surface area (Å²) in [5.41, 5.74) is 3.29. The maximum atomic E-state index is 6.08. The van der Waals surface area contributed by atoms with E-state index in [9.17, 15) is 0 Å². The summed E-state index contributed by atoms with van der Waals surface area (Å²) in [4.78, 5) is 8.92. The highest BCUT2D eigenvalue weighted by atomic mass is 35.5. The first-order valence-corrected chi connectivity index (χ1v) is 7.40. The summed E-state index contributed by atoms with van der Waals surface area (Å²) < 4.78 is 0. The van der Waals surface area contributed by atoms with Crippen molar-refractivity contribution in [3.8, 4) is 0 Å². The van der Waals surface area contributed by atoms with E-state index in [-0.39, 0.29) is 0 Å². The van der Waals surface area contributed by atoms with E-state index in [1.807, 2.05) is 12.1 Å². The number of alkyl halides is 1. The van der Waals surface area contributed by atoms with Gasteiger partial charge in [-0.1, -0.05) is 23.7 Å². The summed E-state index contributed by atoms with van der Waals surface area (Å²) in [6.07, 6.45) is 1.68. The highest BCUT2D eigenvalue weighted by molar-refractivity contribution is 6.32. The van der Waals surface area contributed by atoms with Crippen molar-refractivity contribution in [3.05, 3.63) is 47.1 Å². The molecule has 104 valence electrons. The third-order valence-corrected chi connectivity index (χ3v) is 4.21. The molecule has 20 heavy (non-hydrogen) atoms. The van der Waals surface area contributed by atoms with Gasteiger partial charge in [0.15, 0.2) is 0 Å². The van der Waals surface area contributed by atoms with Gasteiger partial charge in [-0.2, -0.15) is 0 Å². The van der Waals surface area contributed by atoms with Gasteiger partial charge in [-0.3, -0.25) is 0 Å². The highest BCUT2D eigenvalue weighted by Crippen LogP contribution is 2.36. The number of anilines is 3. The summed E-state index contributed by atoms with van der Waals surface area (Å²) in [6, 6.07) is 10.3. The van der Waals surface area contributed by atoms with Gasteiger partial charge in [-0.25, -0.2) is 4.98 Å². The second kappa shape index (κ2) is 5.51. The Kier molecular flexibility index (Phi) is 3.72. The Hall–Kier alpha value is -1.45. The third-order valence-electron chi connectivity index (χ3n) is 3.58. The molecule has 0 amide bonds. The maximum Gasteiger partial charge on any atom is 0.133 e. The summed E-state index contributed by atoms with van der Waals surface area (Å²) in [7, 11) is 2.11. The van der Waals surface area contributed by atoms with Gasteiger partial charge in [-0.15, -0.1) is 11.6 Å². The summed E-state index contributed by atoms with van der Waals surface area (Å²) in [6.45, 7) is 1.85. The van der Waals surface area contributed by atoms with Crippen LogP contribution in [-0.4, -0.2) is 25.1 Å². The molecule has 3 nitrogen and oxygen atoms in total. The molecule has 3 rings (SSSR count). The minimum atomic E-state index is 0.393. The van der Waals surface area contributed by atoms with Crippen molar-refractivity contribution < 1.29 is 0 Å². The van der Waals surface area contributed by atoms with E-state index in [0.717, 1.165) is 30.2 Å². The van der Waals surface area contributed by atoms with E-state index in [1.165, 1.54) is 5.69 Å². The number of halogens is 2. The van der Waals surface area contributed by atoms with Crippen LogP contribution >= 0.6 is 23.2 Å². The van der Waals surface area contributed by atoms with Crippen LogP contribution in [0, 0.1) is 0 Å². The number of aromatic nitrogens is 1. The SMILES string of the molecule is CN1CCN(c2cc(CCl)c(Cl)cn2)c2ccccc21. The number of likely N-dealkylation sites (N-methyl/N-ethyl adjacent to an activating group) is 1. The standard InChI is InChI=1S/C15H15Cl2N3/c1-19-6-7-20(14-5-3-2-4-13(14)19)15-8-11(9-16)12(17)10-18-15/h2-5,8,10H,6-7,9H2,1H3. The number of hydrogen-bond donors (Lipinski definition) is 0. The largest absolute Gasteiger partial charge is 0.371 e. The van der Waals surface area contributed by atoms with E-state index in [2.05, 4.69) is 40.0 Å². The van der Waals surface area contributed by atoms with E-state index >= 15 is 0 Å². The average Bonchev–Trinajstić information content (AvgIpc) is 2.49. The first-order chi connectivity index (χ1) is 9.70. The van der Waals surface area contributed by atoms with Crippen LogP contribution in [-0.2, 0) is 5.88 Å². The van der Waals surface area contributed by atoms with E-state index in [1.54, 1.807) is 6.20 Å². The molecule has 0 saturated heterocycles. The van der Waals surface area contributed by atoms with Crippen LogP contribution in [0.15, 0.2) is 36.5 Å². The van der Waals surface area contributed by atoms with Gasteiger partial charge in [0.2, 0.25) is 0 Å². The Labute approximate surface area is 128 Å². The monoisotopic (exact) mass is 307 g/mol. The number of fused-ring (bicyclic) bond motifs is 1. The lowest BCUT2D eigenvalue weighted by molar-refractivity contribution is 0.813. The molecule has 0 unspecified atom stereocenters. The van der Waals surface area contributed by atoms with Crippen LogP contribution in [0.5, 0.6) is 0 Å². The van der Waals surface area contributed by atoms with Gasteiger partial charge < -0.3 is 9.80 Å². The van der Waals surface area contributed by atoms with Gasteiger partial charge in [-0.05, 0) is 23.8 Å². The van der Waals surface area contributed by atoms with Gasteiger partial charge in [0, 0.05) is 32.2 Å². The van der Waals surface area contributed by atoms with Crippen molar-refractivity contribution in [3.63, 3.8) is 0 Å². The number of hydrogen-bond acceptors (Lipinski definition) is 3. The molecule has 1 aliphatic rings. The van der Waals surface area contributed by atoms with E-state index in [4.69, 9.17) is 23.2 Å². The molecule has 0 spiro atoms. The Morgan fingerprint density at radius 3 is 2.70 bits per heavy atom. The molecule has 5 heteroatoms. The van der Waals surface area contributed by atoms with Crippen LogP contribution in [0.4, 0.5) is 17.2 Å². The van der Waals surface area contributed by atoms with Gasteiger partial charge in [0.1, 0.15) is 5.82 Å². The van der Waals surface area contributed by atoms with Crippen LogP contribution in [0.2, 0.25) is 5.02 Å². The lowest BCUT2D eigenvalue weighted by atomic mass is 10.1. The predicted octanol–water partition coefficient (Wildman–Crippen LogP) is 4.06. The molecule has 1 aromatic carbocycles. The van der Waals surface area contributed by atoms with E-state index < -0.39 is 0 Å². The maximum absolute atomic E-state index is 6.08. The van der Waals surface area contributed by atoms with Crippen molar-refractivity contribution in [1.29, 1.82) is 0 Å². The Morgan fingerprint density at radius 2 is 1.95 bits per heavy atom. The van der Waals surface area contributed by atoms with Crippen molar-refractivity contribution in [2.45, 2.75) is 5.88 Å². The molecule has 2 heterocycles. The van der Waals surface area contributed by atoms with Crippen LogP contribution in [0.3, 0.4) is 0 Å². The highest BCUT2D eigenvalue weighted by Gasteiger charge is 2.22. The molecule has 0 fully saturated rings. The lowest BCUT2D eigenvalue weighted by Gasteiger charge is -2.36. The van der Waals surface area contributed by atoms with Crippen LogP contribution in [0.25, 0.3) is 0 Å². The van der Waals surface area contributed by atoms with Crippen molar-refractivity contribution in [2.24, 2.45) is 0 Å². The minimum Gasteiger partial charge on any atom is -0.371 e. The summed E-state index contributed by atoms with van der Waals surface area (Å²) >= 11 is 12.0.